The van der Waals surface area contributed by atoms with E-state index in [2.05, 4.69) is 15.9 Å². The number of ether oxygens (including phenoxy) is 1. The molecule has 2 aromatic rings. The fourth-order valence-corrected chi connectivity index (χ4v) is 2.60. The van der Waals surface area contributed by atoms with Crippen LogP contribution < -0.4 is 10.5 Å². The number of anilines is 1. The van der Waals surface area contributed by atoms with E-state index in [0.717, 1.165) is 19.4 Å². The Kier molecular flexibility index (Phi) is 3.74. The van der Waals surface area contributed by atoms with Crippen molar-refractivity contribution in [2.45, 2.75) is 6.61 Å². The van der Waals surface area contributed by atoms with Crippen molar-refractivity contribution in [1.29, 1.82) is 0 Å². The molecule has 1 aromatic heterocycles. The molecule has 1 aromatic carbocycles. The minimum Gasteiger partial charge on any atom is -0.487 e. The van der Waals surface area contributed by atoms with E-state index in [1.54, 1.807) is 0 Å². The summed E-state index contributed by atoms with van der Waals surface area (Å²) < 4.78 is 7.20. The molecule has 84 valence electrons. The van der Waals surface area contributed by atoms with Crippen molar-refractivity contribution in [2.24, 2.45) is 0 Å². The molecule has 0 fully saturated rings. The number of thiophene rings is 1. The maximum Gasteiger partial charge on any atom is 0.136 e. The lowest BCUT2D eigenvalue weighted by atomic mass is 10.3. The molecule has 0 spiro atoms. The van der Waals surface area contributed by atoms with Gasteiger partial charge in [0.1, 0.15) is 12.4 Å². The Morgan fingerprint density at radius 2 is 2.12 bits per heavy atom. The fraction of sp³-hybridized carbons (Fsp3) is 0.0909. The maximum atomic E-state index is 5.83. The molecule has 0 radical (unpaired) electrons. The molecule has 0 saturated heterocycles. The monoisotopic (exact) mass is 317 g/mol. The van der Waals surface area contributed by atoms with Gasteiger partial charge in [-0.05, 0) is 40.2 Å². The number of hydrogen-bond donors (Lipinski definition) is 1. The molecule has 0 amide bonds. The molecule has 0 aliphatic carbocycles. The van der Waals surface area contributed by atoms with Gasteiger partial charge in [-0.1, -0.05) is 17.7 Å². The highest BCUT2D eigenvalue weighted by molar-refractivity contribution is 9.10. The summed E-state index contributed by atoms with van der Waals surface area (Å²) in [7, 11) is 0. The molecule has 0 saturated carbocycles. The number of halogens is 2. The van der Waals surface area contributed by atoms with E-state index in [4.69, 9.17) is 22.1 Å². The predicted molar refractivity (Wildman–Crippen MR) is 72.2 cm³/mol. The van der Waals surface area contributed by atoms with Gasteiger partial charge in [0.25, 0.3) is 0 Å². The zero-order valence-corrected chi connectivity index (χ0v) is 11.4. The number of benzene rings is 1. The van der Waals surface area contributed by atoms with Crippen LogP contribution in [-0.4, -0.2) is 0 Å². The molecule has 2 N–H and O–H groups in total. The highest BCUT2D eigenvalue weighted by Gasteiger charge is 2.05. The molecular formula is C11H9BrClNOS. The van der Waals surface area contributed by atoms with Gasteiger partial charge in [0, 0.05) is 10.6 Å². The second-order valence-corrected chi connectivity index (χ2v) is 5.75. The van der Waals surface area contributed by atoms with Crippen molar-refractivity contribution in [3.63, 3.8) is 0 Å². The van der Waals surface area contributed by atoms with Gasteiger partial charge in [-0.25, -0.2) is 0 Å². The average molecular weight is 319 g/mol. The van der Waals surface area contributed by atoms with Crippen LogP contribution in [-0.2, 0) is 6.61 Å². The predicted octanol–water partition coefficient (Wildman–Crippen LogP) is 4.33. The van der Waals surface area contributed by atoms with Gasteiger partial charge in [-0.15, -0.1) is 11.3 Å². The summed E-state index contributed by atoms with van der Waals surface area (Å²) in [6, 6.07) is 9.36. The summed E-state index contributed by atoms with van der Waals surface area (Å²) >= 11 is 10.7. The lowest BCUT2D eigenvalue weighted by Gasteiger charge is -2.08. The Hall–Kier alpha value is -0.710. The van der Waals surface area contributed by atoms with Gasteiger partial charge in [0.05, 0.1) is 8.81 Å². The van der Waals surface area contributed by atoms with Crippen LogP contribution in [0.1, 0.15) is 4.88 Å². The Morgan fingerprint density at radius 3 is 2.81 bits per heavy atom. The van der Waals surface area contributed by atoms with Crippen LogP contribution in [0.4, 0.5) is 5.69 Å². The molecule has 1 heterocycles. The van der Waals surface area contributed by atoms with Crippen LogP contribution in [0.3, 0.4) is 0 Å². The topological polar surface area (TPSA) is 35.2 Å². The van der Waals surface area contributed by atoms with Crippen LogP contribution >= 0.6 is 38.9 Å². The molecule has 5 heteroatoms. The molecule has 2 nitrogen and oxygen atoms in total. The first-order valence-corrected chi connectivity index (χ1v) is 6.56. The van der Waals surface area contributed by atoms with Crippen molar-refractivity contribution in [2.75, 3.05) is 5.73 Å². The van der Waals surface area contributed by atoms with E-state index >= 15 is 0 Å². The molecule has 0 aliphatic rings. The molecule has 0 bridgehead atoms. The van der Waals surface area contributed by atoms with E-state index < -0.39 is 0 Å². The largest absolute Gasteiger partial charge is 0.487 e. The SMILES string of the molecule is Nc1cccc(OCc2ccc(Cl)s2)c1Br. The molecule has 0 aliphatic heterocycles. The molecule has 16 heavy (non-hydrogen) atoms. The molecule has 0 atom stereocenters. The third-order valence-electron chi connectivity index (χ3n) is 1.99. The highest BCUT2D eigenvalue weighted by Crippen LogP contribution is 2.31. The number of nitrogens with two attached hydrogens (primary N) is 1. The van der Waals surface area contributed by atoms with Gasteiger partial charge < -0.3 is 10.5 Å². The highest BCUT2D eigenvalue weighted by atomic mass is 79.9. The first-order chi connectivity index (χ1) is 7.66. The average Bonchev–Trinajstić information content (AvgIpc) is 2.67. The molecular weight excluding hydrogens is 310 g/mol. The fourth-order valence-electron chi connectivity index (χ4n) is 1.22. The van der Waals surface area contributed by atoms with Crippen LogP contribution in [0.5, 0.6) is 5.75 Å². The second-order valence-electron chi connectivity index (χ2n) is 3.15. The summed E-state index contributed by atoms with van der Waals surface area (Å²) in [5.41, 5.74) is 6.42. The summed E-state index contributed by atoms with van der Waals surface area (Å²) in [4.78, 5) is 1.08. The van der Waals surface area contributed by atoms with Crippen LogP contribution in [0, 0.1) is 0 Å². The van der Waals surface area contributed by atoms with Crippen LogP contribution in [0.2, 0.25) is 4.34 Å². The Balaban J connectivity index is 2.07. The van der Waals surface area contributed by atoms with Crippen LogP contribution in [0.15, 0.2) is 34.8 Å². The van der Waals surface area contributed by atoms with Gasteiger partial charge in [0.15, 0.2) is 0 Å². The number of hydrogen-bond acceptors (Lipinski definition) is 3. The summed E-state index contributed by atoms with van der Waals surface area (Å²) in [6.45, 7) is 0.499. The summed E-state index contributed by atoms with van der Waals surface area (Å²) in [5, 5.41) is 0. The standard InChI is InChI=1S/C11H9BrClNOS/c12-11-8(14)2-1-3-9(11)15-6-7-4-5-10(13)16-7/h1-5H,6,14H2. The van der Waals surface area contributed by atoms with E-state index in [1.807, 2.05) is 30.3 Å². The van der Waals surface area contributed by atoms with Crippen molar-refractivity contribution in [3.05, 3.63) is 44.0 Å². The normalized spacial score (nSPS) is 10.4. The van der Waals surface area contributed by atoms with Gasteiger partial charge >= 0.3 is 0 Å². The minimum absolute atomic E-state index is 0.499. The Bertz CT molecular complexity index is 500. The van der Waals surface area contributed by atoms with E-state index in [1.165, 1.54) is 11.3 Å². The number of rotatable bonds is 3. The van der Waals surface area contributed by atoms with Crippen LogP contribution in [0.25, 0.3) is 0 Å². The minimum atomic E-state index is 0.499. The lowest BCUT2D eigenvalue weighted by Crippen LogP contribution is -1.95. The van der Waals surface area contributed by atoms with Crippen molar-refractivity contribution in [3.8, 4) is 5.75 Å². The van der Waals surface area contributed by atoms with Crippen molar-refractivity contribution in [1.82, 2.24) is 0 Å². The zero-order valence-electron chi connectivity index (χ0n) is 8.24. The summed E-state index contributed by atoms with van der Waals surface area (Å²) in [6.07, 6.45) is 0. The van der Waals surface area contributed by atoms with E-state index in [9.17, 15) is 0 Å². The summed E-state index contributed by atoms with van der Waals surface area (Å²) in [5.74, 6) is 0.740. The second kappa shape index (κ2) is 5.08. The smallest absolute Gasteiger partial charge is 0.136 e. The third-order valence-corrected chi connectivity index (χ3v) is 4.05. The maximum absolute atomic E-state index is 5.83. The van der Waals surface area contributed by atoms with Gasteiger partial charge in [-0.2, -0.15) is 0 Å². The van der Waals surface area contributed by atoms with Gasteiger partial charge in [0.2, 0.25) is 0 Å². The lowest BCUT2D eigenvalue weighted by molar-refractivity contribution is 0.308. The Morgan fingerprint density at radius 1 is 1.31 bits per heavy atom. The first kappa shape index (κ1) is 11.8. The first-order valence-electron chi connectivity index (χ1n) is 4.58. The van der Waals surface area contributed by atoms with E-state index in [0.29, 0.717) is 12.3 Å². The quantitative estimate of drug-likeness (QED) is 0.855. The van der Waals surface area contributed by atoms with Crippen molar-refractivity contribution >= 4 is 44.6 Å². The zero-order chi connectivity index (χ0) is 11.5. The van der Waals surface area contributed by atoms with Gasteiger partial charge in [-0.3, -0.25) is 0 Å². The Labute approximate surface area is 111 Å². The number of nitrogen functional groups attached to an aromatic ring is 1. The van der Waals surface area contributed by atoms with Crippen molar-refractivity contribution < 1.29 is 4.74 Å². The van der Waals surface area contributed by atoms with E-state index in [-0.39, 0.29) is 0 Å². The molecule has 0 unspecified atom stereocenters. The third kappa shape index (κ3) is 2.70. The molecule has 2 rings (SSSR count).